The van der Waals surface area contributed by atoms with Gasteiger partial charge in [0.2, 0.25) is 0 Å². The standard InChI is InChI=1S/C10H10ClNO/c1-3-8(6-12)9(11)10-7(2)4-5-13-10/h4-5H,3H2,1-2H3/b9-8-. The van der Waals surface area contributed by atoms with E-state index in [2.05, 4.69) is 6.07 Å². The second-order valence-electron chi connectivity index (χ2n) is 2.69. The van der Waals surface area contributed by atoms with Crippen molar-refractivity contribution in [3.8, 4) is 6.07 Å². The van der Waals surface area contributed by atoms with Crippen molar-refractivity contribution in [1.82, 2.24) is 0 Å². The Kier molecular flexibility index (Phi) is 3.16. The van der Waals surface area contributed by atoms with Crippen molar-refractivity contribution >= 4 is 16.6 Å². The van der Waals surface area contributed by atoms with Gasteiger partial charge in [0.1, 0.15) is 5.76 Å². The summed E-state index contributed by atoms with van der Waals surface area (Å²) in [6.07, 6.45) is 2.19. The van der Waals surface area contributed by atoms with Crippen LogP contribution in [0.3, 0.4) is 0 Å². The smallest absolute Gasteiger partial charge is 0.149 e. The van der Waals surface area contributed by atoms with Crippen LogP contribution < -0.4 is 0 Å². The Hall–Kier alpha value is -1.20. The molecule has 3 heteroatoms. The summed E-state index contributed by atoms with van der Waals surface area (Å²) in [5, 5.41) is 9.18. The van der Waals surface area contributed by atoms with E-state index >= 15 is 0 Å². The van der Waals surface area contributed by atoms with Gasteiger partial charge in [-0.15, -0.1) is 0 Å². The first kappa shape index (κ1) is 9.88. The highest BCUT2D eigenvalue weighted by Gasteiger charge is 2.10. The fourth-order valence-corrected chi connectivity index (χ4v) is 1.39. The summed E-state index contributed by atoms with van der Waals surface area (Å²) in [4.78, 5) is 0. The van der Waals surface area contributed by atoms with Gasteiger partial charge in [-0.3, -0.25) is 0 Å². The van der Waals surface area contributed by atoms with Crippen LogP contribution in [0.25, 0.3) is 5.03 Å². The lowest BCUT2D eigenvalue weighted by Gasteiger charge is -1.98. The predicted molar refractivity (Wildman–Crippen MR) is 52.1 cm³/mol. The van der Waals surface area contributed by atoms with Crippen molar-refractivity contribution in [1.29, 1.82) is 5.26 Å². The molecule has 0 amide bonds. The van der Waals surface area contributed by atoms with Gasteiger partial charge in [0, 0.05) is 0 Å². The molecule has 1 aromatic rings. The monoisotopic (exact) mass is 195 g/mol. The van der Waals surface area contributed by atoms with E-state index in [1.807, 2.05) is 19.9 Å². The lowest BCUT2D eigenvalue weighted by Crippen LogP contribution is -1.83. The molecular formula is C10H10ClNO. The fraction of sp³-hybridized carbons (Fsp3) is 0.300. The molecule has 0 bridgehead atoms. The van der Waals surface area contributed by atoms with Crippen molar-refractivity contribution in [2.24, 2.45) is 0 Å². The average Bonchev–Trinajstić information content (AvgIpc) is 2.53. The van der Waals surface area contributed by atoms with Gasteiger partial charge >= 0.3 is 0 Å². The van der Waals surface area contributed by atoms with E-state index in [0.29, 0.717) is 22.8 Å². The third kappa shape index (κ3) is 1.93. The number of nitriles is 1. The Labute approximate surface area is 82.4 Å². The third-order valence-electron chi connectivity index (χ3n) is 1.81. The molecule has 1 rings (SSSR count). The predicted octanol–water partition coefficient (Wildman–Crippen LogP) is 3.47. The van der Waals surface area contributed by atoms with Crippen molar-refractivity contribution in [3.63, 3.8) is 0 Å². The zero-order chi connectivity index (χ0) is 9.84. The van der Waals surface area contributed by atoms with Crippen LogP contribution in [0.2, 0.25) is 0 Å². The van der Waals surface area contributed by atoms with Gasteiger partial charge in [-0.05, 0) is 25.0 Å². The van der Waals surface area contributed by atoms with E-state index < -0.39 is 0 Å². The van der Waals surface area contributed by atoms with Crippen molar-refractivity contribution in [2.45, 2.75) is 20.3 Å². The molecule has 1 aromatic heterocycles. The highest BCUT2D eigenvalue weighted by molar-refractivity contribution is 6.49. The van der Waals surface area contributed by atoms with Crippen LogP contribution in [-0.2, 0) is 0 Å². The number of aryl methyl sites for hydroxylation is 1. The van der Waals surface area contributed by atoms with Gasteiger partial charge in [-0.2, -0.15) is 5.26 Å². The summed E-state index contributed by atoms with van der Waals surface area (Å²) < 4.78 is 5.17. The lowest BCUT2D eigenvalue weighted by atomic mass is 10.1. The minimum absolute atomic E-state index is 0.424. The molecule has 0 saturated heterocycles. The zero-order valence-electron chi connectivity index (χ0n) is 7.60. The average molecular weight is 196 g/mol. The maximum Gasteiger partial charge on any atom is 0.149 e. The topological polar surface area (TPSA) is 36.9 Å². The van der Waals surface area contributed by atoms with Gasteiger partial charge in [0.25, 0.3) is 0 Å². The number of hydrogen-bond donors (Lipinski definition) is 0. The first-order chi connectivity index (χ1) is 6.20. The van der Waals surface area contributed by atoms with E-state index in [1.54, 1.807) is 6.26 Å². The number of furan rings is 1. The molecule has 1 heterocycles. The molecule has 0 aliphatic rings. The van der Waals surface area contributed by atoms with E-state index in [9.17, 15) is 0 Å². The summed E-state index contributed by atoms with van der Waals surface area (Å²) >= 11 is 5.98. The molecule has 13 heavy (non-hydrogen) atoms. The van der Waals surface area contributed by atoms with Crippen molar-refractivity contribution < 1.29 is 4.42 Å². The Morgan fingerprint density at radius 2 is 2.38 bits per heavy atom. The van der Waals surface area contributed by atoms with E-state index in [0.717, 1.165) is 5.56 Å². The summed E-state index contributed by atoms with van der Waals surface area (Å²) in [7, 11) is 0. The van der Waals surface area contributed by atoms with Crippen molar-refractivity contribution in [2.75, 3.05) is 0 Å². The van der Waals surface area contributed by atoms with Crippen molar-refractivity contribution in [3.05, 3.63) is 29.2 Å². The number of rotatable bonds is 2. The summed E-state index contributed by atoms with van der Waals surface area (Å²) in [6.45, 7) is 3.78. The van der Waals surface area contributed by atoms with Crippen LogP contribution in [0.4, 0.5) is 0 Å². The normalized spacial score (nSPS) is 12.2. The first-order valence-corrected chi connectivity index (χ1v) is 4.41. The van der Waals surface area contributed by atoms with E-state index in [1.165, 1.54) is 0 Å². The second-order valence-corrected chi connectivity index (χ2v) is 3.07. The van der Waals surface area contributed by atoms with Gasteiger partial charge in [-0.1, -0.05) is 18.5 Å². The minimum Gasteiger partial charge on any atom is -0.463 e. The first-order valence-electron chi connectivity index (χ1n) is 4.04. The van der Waals surface area contributed by atoms with Gasteiger partial charge in [0.15, 0.2) is 0 Å². The Balaban J connectivity index is 3.17. The highest BCUT2D eigenvalue weighted by atomic mass is 35.5. The summed E-state index contributed by atoms with van der Waals surface area (Å²) in [6, 6.07) is 3.88. The SMILES string of the molecule is CC/C(C#N)=C(/Cl)c1occc1C. The molecule has 0 aliphatic heterocycles. The molecule has 0 aromatic carbocycles. The molecule has 68 valence electrons. The van der Waals surface area contributed by atoms with Gasteiger partial charge in [-0.25, -0.2) is 0 Å². The summed E-state index contributed by atoms with van der Waals surface area (Å²) in [5.41, 5.74) is 1.51. The van der Waals surface area contributed by atoms with Crippen LogP contribution >= 0.6 is 11.6 Å². The quantitative estimate of drug-likeness (QED) is 0.678. The molecule has 0 spiro atoms. The number of nitrogens with zero attached hydrogens (tertiary/aromatic N) is 1. The van der Waals surface area contributed by atoms with E-state index in [-0.39, 0.29) is 0 Å². The van der Waals surface area contributed by atoms with E-state index in [4.69, 9.17) is 21.3 Å². The molecule has 0 fully saturated rings. The molecule has 0 aliphatic carbocycles. The van der Waals surface area contributed by atoms with Gasteiger partial charge < -0.3 is 4.42 Å². The molecule has 2 nitrogen and oxygen atoms in total. The number of halogens is 1. The number of hydrogen-bond acceptors (Lipinski definition) is 2. The molecule has 0 radical (unpaired) electrons. The largest absolute Gasteiger partial charge is 0.463 e. The lowest BCUT2D eigenvalue weighted by molar-refractivity contribution is 0.553. The van der Waals surface area contributed by atoms with Gasteiger partial charge in [0.05, 0.1) is 22.9 Å². The van der Waals surface area contributed by atoms with Crippen LogP contribution in [0.15, 0.2) is 22.3 Å². The third-order valence-corrected chi connectivity index (χ3v) is 2.21. The molecule has 0 unspecified atom stereocenters. The molecule has 0 N–H and O–H groups in total. The summed E-state index contributed by atoms with van der Waals surface area (Å²) in [5.74, 6) is 0.597. The second kappa shape index (κ2) is 4.15. The fourth-order valence-electron chi connectivity index (χ4n) is 1.02. The molecule has 0 atom stereocenters. The maximum atomic E-state index is 8.75. The van der Waals surface area contributed by atoms with Crippen LogP contribution in [0.5, 0.6) is 0 Å². The van der Waals surface area contributed by atoms with Crippen LogP contribution in [-0.4, -0.2) is 0 Å². The molecule has 0 saturated carbocycles. The Morgan fingerprint density at radius 3 is 2.77 bits per heavy atom. The zero-order valence-corrected chi connectivity index (χ0v) is 8.35. The number of allylic oxidation sites excluding steroid dienone is 1. The maximum absolute atomic E-state index is 8.75. The Bertz CT molecular complexity index is 371. The van der Waals surface area contributed by atoms with Crippen LogP contribution in [0.1, 0.15) is 24.7 Å². The highest BCUT2D eigenvalue weighted by Crippen LogP contribution is 2.27. The molecular weight excluding hydrogens is 186 g/mol. The van der Waals surface area contributed by atoms with Crippen LogP contribution in [0, 0.1) is 18.3 Å². The Morgan fingerprint density at radius 1 is 1.69 bits per heavy atom. The minimum atomic E-state index is 0.424.